The van der Waals surface area contributed by atoms with E-state index in [1.807, 2.05) is 0 Å². The molecule has 2 fully saturated rings. The zero-order valence-corrected chi connectivity index (χ0v) is 15.4. The first-order valence-electron chi connectivity index (χ1n) is 8.97. The van der Waals surface area contributed by atoms with Crippen molar-refractivity contribution in [3.05, 3.63) is 35.4 Å². The number of alkyl halides is 3. The lowest BCUT2D eigenvalue weighted by atomic mass is 9.88. The van der Waals surface area contributed by atoms with Gasteiger partial charge in [-0.15, -0.1) is 0 Å². The summed E-state index contributed by atoms with van der Waals surface area (Å²) >= 11 is 0. The second-order valence-electron chi connectivity index (χ2n) is 7.43. The number of carbonyl (C=O) groups is 2. The third-order valence-electron chi connectivity index (χ3n) is 5.37. The number of likely N-dealkylation sites (tertiary alicyclic amines) is 1. The van der Waals surface area contributed by atoms with Crippen molar-refractivity contribution in [2.24, 2.45) is 0 Å². The van der Waals surface area contributed by atoms with E-state index in [0.717, 1.165) is 18.6 Å². The zero-order chi connectivity index (χ0) is 19.8. The van der Waals surface area contributed by atoms with Gasteiger partial charge in [0.15, 0.2) is 0 Å². The molecule has 1 aromatic carbocycles. The number of amides is 2. The molecule has 3 rings (SSSR count). The maximum absolute atomic E-state index is 12.9. The van der Waals surface area contributed by atoms with Crippen molar-refractivity contribution in [3.63, 3.8) is 0 Å². The molecule has 1 atom stereocenters. The van der Waals surface area contributed by atoms with Crippen molar-refractivity contribution in [1.82, 2.24) is 9.80 Å². The predicted octanol–water partition coefficient (Wildman–Crippen LogP) is 2.95. The van der Waals surface area contributed by atoms with Crippen molar-refractivity contribution in [1.29, 1.82) is 0 Å². The molecule has 1 aromatic rings. The Morgan fingerprint density at radius 2 is 1.85 bits per heavy atom. The minimum Gasteiger partial charge on any atom is -0.362 e. The number of rotatable bonds is 2. The molecule has 1 spiro atoms. The van der Waals surface area contributed by atoms with Crippen LogP contribution >= 0.6 is 0 Å². The molecule has 0 aromatic heterocycles. The van der Waals surface area contributed by atoms with E-state index in [-0.39, 0.29) is 11.5 Å². The Balaban J connectivity index is 1.63. The van der Waals surface area contributed by atoms with Gasteiger partial charge in [0.1, 0.15) is 6.10 Å². The Morgan fingerprint density at radius 3 is 2.44 bits per heavy atom. The minimum absolute atomic E-state index is 0.0359. The number of likely N-dealkylation sites (N-methyl/N-ethyl adjacent to an activating group) is 1. The predicted molar refractivity (Wildman–Crippen MR) is 92.1 cm³/mol. The van der Waals surface area contributed by atoms with Crippen molar-refractivity contribution in [2.45, 2.75) is 43.6 Å². The van der Waals surface area contributed by atoms with Crippen LogP contribution in [-0.2, 0) is 15.7 Å². The van der Waals surface area contributed by atoms with Gasteiger partial charge in [-0.3, -0.25) is 9.59 Å². The van der Waals surface area contributed by atoms with Crippen LogP contribution in [0.4, 0.5) is 13.2 Å². The molecule has 0 aliphatic carbocycles. The van der Waals surface area contributed by atoms with E-state index < -0.39 is 29.4 Å². The van der Waals surface area contributed by atoms with Crippen LogP contribution in [0.25, 0.3) is 0 Å². The van der Waals surface area contributed by atoms with Crippen LogP contribution in [0.5, 0.6) is 0 Å². The molecule has 0 bridgehead atoms. The molecule has 0 saturated carbocycles. The summed E-state index contributed by atoms with van der Waals surface area (Å²) in [6.45, 7) is 0.801. The van der Waals surface area contributed by atoms with Gasteiger partial charge in [-0.2, -0.15) is 13.2 Å². The van der Waals surface area contributed by atoms with Crippen LogP contribution in [0.1, 0.15) is 41.6 Å². The summed E-state index contributed by atoms with van der Waals surface area (Å²) in [5.41, 5.74) is -1.21. The van der Waals surface area contributed by atoms with Crippen LogP contribution in [0.3, 0.4) is 0 Å². The molecule has 2 heterocycles. The van der Waals surface area contributed by atoms with E-state index in [1.165, 1.54) is 17.0 Å². The van der Waals surface area contributed by atoms with Crippen molar-refractivity contribution in [3.8, 4) is 0 Å². The lowest BCUT2D eigenvalue weighted by molar-refractivity contribution is -0.148. The maximum Gasteiger partial charge on any atom is 0.416 e. The summed E-state index contributed by atoms with van der Waals surface area (Å²) in [6, 6.07) is 4.50. The van der Waals surface area contributed by atoms with Crippen LogP contribution in [-0.4, -0.2) is 60.5 Å². The molecule has 2 amide bonds. The van der Waals surface area contributed by atoms with E-state index >= 15 is 0 Å². The first-order chi connectivity index (χ1) is 12.6. The lowest BCUT2D eigenvalue weighted by Gasteiger charge is -2.39. The van der Waals surface area contributed by atoms with Crippen molar-refractivity contribution >= 4 is 11.8 Å². The summed E-state index contributed by atoms with van der Waals surface area (Å²) in [7, 11) is 3.38. The number of nitrogens with zero attached hydrogens (tertiary/aromatic N) is 2. The molecule has 0 N–H and O–H groups in total. The SMILES string of the molecule is CN(C)C(=O)C1CCC2(CCN(C(=O)c3cccc(C(F)(F)F)c3)CC2)O1. The Morgan fingerprint density at radius 1 is 1.19 bits per heavy atom. The number of carbonyl (C=O) groups excluding carboxylic acids is 2. The third-order valence-corrected chi connectivity index (χ3v) is 5.37. The molecule has 27 heavy (non-hydrogen) atoms. The number of benzene rings is 1. The Bertz CT molecular complexity index is 725. The van der Waals surface area contributed by atoms with Gasteiger partial charge >= 0.3 is 6.18 Å². The highest BCUT2D eigenvalue weighted by molar-refractivity contribution is 5.94. The van der Waals surface area contributed by atoms with Gasteiger partial charge in [0, 0.05) is 32.7 Å². The molecule has 2 saturated heterocycles. The van der Waals surface area contributed by atoms with Crippen LogP contribution < -0.4 is 0 Å². The fraction of sp³-hybridized carbons (Fsp3) is 0.579. The van der Waals surface area contributed by atoms with E-state index in [4.69, 9.17) is 4.74 Å². The highest BCUT2D eigenvalue weighted by Gasteiger charge is 2.45. The monoisotopic (exact) mass is 384 g/mol. The van der Waals surface area contributed by atoms with Gasteiger partial charge in [-0.1, -0.05) is 6.07 Å². The molecule has 5 nitrogen and oxygen atoms in total. The summed E-state index contributed by atoms with van der Waals surface area (Å²) < 4.78 is 44.6. The van der Waals surface area contributed by atoms with Gasteiger partial charge in [0.05, 0.1) is 11.2 Å². The summed E-state index contributed by atoms with van der Waals surface area (Å²) in [4.78, 5) is 27.8. The van der Waals surface area contributed by atoms with E-state index in [0.29, 0.717) is 32.4 Å². The average Bonchev–Trinajstić information content (AvgIpc) is 3.04. The Labute approximate surface area is 156 Å². The topological polar surface area (TPSA) is 49.9 Å². The van der Waals surface area contributed by atoms with Crippen LogP contribution in [0.2, 0.25) is 0 Å². The van der Waals surface area contributed by atoms with Crippen molar-refractivity contribution < 1.29 is 27.5 Å². The summed E-state index contributed by atoms with van der Waals surface area (Å²) in [5.74, 6) is -0.468. The number of ether oxygens (including phenoxy) is 1. The number of hydrogen-bond acceptors (Lipinski definition) is 3. The van der Waals surface area contributed by atoms with Gasteiger partial charge in [0.25, 0.3) is 11.8 Å². The van der Waals surface area contributed by atoms with Crippen LogP contribution in [0.15, 0.2) is 24.3 Å². The standard InChI is InChI=1S/C19H23F3N2O3/c1-23(2)17(26)15-6-7-18(27-15)8-10-24(11-9-18)16(25)13-4-3-5-14(12-13)19(20,21)22/h3-5,12,15H,6-11H2,1-2H3. The minimum atomic E-state index is -4.48. The van der Waals surface area contributed by atoms with E-state index in [1.54, 1.807) is 19.0 Å². The summed E-state index contributed by atoms with van der Waals surface area (Å²) in [6.07, 6.45) is -2.37. The second-order valence-corrected chi connectivity index (χ2v) is 7.43. The summed E-state index contributed by atoms with van der Waals surface area (Å²) in [5, 5.41) is 0. The first-order valence-corrected chi connectivity index (χ1v) is 8.97. The largest absolute Gasteiger partial charge is 0.416 e. The zero-order valence-electron chi connectivity index (χ0n) is 15.4. The smallest absolute Gasteiger partial charge is 0.362 e. The number of halogens is 3. The van der Waals surface area contributed by atoms with E-state index in [9.17, 15) is 22.8 Å². The molecule has 0 radical (unpaired) electrons. The van der Waals surface area contributed by atoms with Crippen LogP contribution in [0, 0.1) is 0 Å². The molecule has 8 heteroatoms. The quantitative estimate of drug-likeness (QED) is 0.788. The molecular formula is C19H23F3N2O3. The van der Waals surface area contributed by atoms with Gasteiger partial charge in [0.2, 0.25) is 0 Å². The maximum atomic E-state index is 12.9. The molecule has 2 aliphatic rings. The number of piperidine rings is 1. The fourth-order valence-corrected chi connectivity index (χ4v) is 3.77. The highest BCUT2D eigenvalue weighted by atomic mass is 19.4. The van der Waals surface area contributed by atoms with Gasteiger partial charge in [-0.25, -0.2) is 0 Å². The Kier molecular flexibility index (Phi) is 5.20. The normalized spacial score (nSPS) is 22.1. The second kappa shape index (κ2) is 7.14. The van der Waals surface area contributed by atoms with Crippen molar-refractivity contribution in [2.75, 3.05) is 27.2 Å². The average molecular weight is 384 g/mol. The molecular weight excluding hydrogens is 361 g/mol. The Hall–Kier alpha value is -2.09. The first kappa shape index (κ1) is 19.7. The number of hydrogen-bond donors (Lipinski definition) is 0. The molecule has 2 aliphatic heterocycles. The highest BCUT2D eigenvalue weighted by Crippen LogP contribution is 2.39. The van der Waals surface area contributed by atoms with E-state index in [2.05, 4.69) is 0 Å². The fourth-order valence-electron chi connectivity index (χ4n) is 3.77. The van der Waals surface area contributed by atoms with Gasteiger partial charge < -0.3 is 14.5 Å². The van der Waals surface area contributed by atoms with Gasteiger partial charge in [-0.05, 0) is 43.9 Å². The molecule has 1 unspecified atom stereocenters. The molecule has 148 valence electrons. The third kappa shape index (κ3) is 4.10. The lowest BCUT2D eigenvalue weighted by Crippen LogP contribution is -2.47.